The van der Waals surface area contributed by atoms with Gasteiger partial charge in [-0.2, -0.15) is 0 Å². The SMILES string of the molecule is CN(C)C(=O)C1CN(C(=O)c2ccccc2Br)CC12CCOCC2. The predicted octanol–water partition coefficient (Wildman–Crippen LogP) is 2.41. The predicted molar refractivity (Wildman–Crippen MR) is 94.7 cm³/mol. The molecule has 1 aromatic carbocycles. The Morgan fingerprint density at radius 3 is 2.54 bits per heavy atom. The quantitative estimate of drug-likeness (QED) is 0.773. The van der Waals surface area contributed by atoms with E-state index in [9.17, 15) is 9.59 Å². The van der Waals surface area contributed by atoms with E-state index in [0.29, 0.717) is 31.9 Å². The minimum Gasteiger partial charge on any atom is -0.381 e. The maximum absolute atomic E-state index is 13.0. The second kappa shape index (κ2) is 6.84. The highest BCUT2D eigenvalue weighted by Gasteiger charge is 2.52. The lowest BCUT2D eigenvalue weighted by atomic mass is 9.71. The normalized spacial score (nSPS) is 22.6. The Labute approximate surface area is 151 Å². The molecule has 2 heterocycles. The molecule has 1 unspecified atom stereocenters. The van der Waals surface area contributed by atoms with Crippen molar-refractivity contribution >= 4 is 27.7 Å². The van der Waals surface area contributed by atoms with E-state index < -0.39 is 0 Å². The number of carbonyl (C=O) groups excluding carboxylic acids is 2. The molecule has 1 spiro atoms. The van der Waals surface area contributed by atoms with Crippen LogP contribution in [0.15, 0.2) is 28.7 Å². The van der Waals surface area contributed by atoms with Gasteiger partial charge < -0.3 is 14.5 Å². The van der Waals surface area contributed by atoms with E-state index in [1.54, 1.807) is 19.0 Å². The monoisotopic (exact) mass is 394 g/mol. The zero-order valence-electron chi connectivity index (χ0n) is 14.1. The Morgan fingerprint density at radius 1 is 1.25 bits per heavy atom. The van der Waals surface area contributed by atoms with Crippen LogP contribution in [0.3, 0.4) is 0 Å². The first-order chi connectivity index (χ1) is 11.4. The average molecular weight is 395 g/mol. The summed E-state index contributed by atoms with van der Waals surface area (Å²) < 4.78 is 6.30. The number of hydrogen-bond donors (Lipinski definition) is 0. The molecule has 24 heavy (non-hydrogen) atoms. The zero-order valence-corrected chi connectivity index (χ0v) is 15.7. The second-order valence-corrected chi connectivity index (χ2v) is 7.78. The minimum atomic E-state index is -0.156. The van der Waals surface area contributed by atoms with Gasteiger partial charge in [-0.25, -0.2) is 0 Å². The van der Waals surface area contributed by atoms with Gasteiger partial charge in [0.05, 0.1) is 11.5 Å². The Kier molecular flexibility index (Phi) is 4.97. The highest BCUT2D eigenvalue weighted by Crippen LogP contribution is 2.45. The summed E-state index contributed by atoms with van der Waals surface area (Å²) in [4.78, 5) is 29.2. The lowest BCUT2D eigenvalue weighted by Crippen LogP contribution is -2.44. The maximum atomic E-state index is 13.0. The zero-order chi connectivity index (χ0) is 17.3. The van der Waals surface area contributed by atoms with Gasteiger partial charge >= 0.3 is 0 Å². The van der Waals surface area contributed by atoms with Crippen molar-refractivity contribution in [3.63, 3.8) is 0 Å². The molecule has 2 aliphatic heterocycles. The summed E-state index contributed by atoms with van der Waals surface area (Å²) in [5.74, 6) is -0.0513. The minimum absolute atomic E-state index is 0.0117. The molecule has 1 atom stereocenters. The van der Waals surface area contributed by atoms with E-state index in [2.05, 4.69) is 15.9 Å². The fraction of sp³-hybridized carbons (Fsp3) is 0.556. The van der Waals surface area contributed by atoms with Gasteiger partial charge in [0, 0.05) is 50.3 Å². The summed E-state index contributed by atoms with van der Waals surface area (Å²) >= 11 is 3.46. The van der Waals surface area contributed by atoms with Crippen molar-refractivity contribution in [3.8, 4) is 0 Å². The molecule has 0 N–H and O–H groups in total. The molecule has 3 rings (SSSR count). The Hall–Kier alpha value is -1.40. The number of likely N-dealkylation sites (tertiary alicyclic amines) is 1. The van der Waals surface area contributed by atoms with Crippen LogP contribution in [0.4, 0.5) is 0 Å². The number of hydrogen-bond acceptors (Lipinski definition) is 3. The van der Waals surface area contributed by atoms with Gasteiger partial charge in [0.25, 0.3) is 5.91 Å². The summed E-state index contributed by atoms with van der Waals surface area (Å²) in [5.41, 5.74) is 0.494. The molecule has 0 aromatic heterocycles. The molecule has 0 aliphatic carbocycles. The van der Waals surface area contributed by atoms with Crippen LogP contribution in [0.1, 0.15) is 23.2 Å². The third kappa shape index (κ3) is 3.09. The van der Waals surface area contributed by atoms with Crippen LogP contribution >= 0.6 is 15.9 Å². The van der Waals surface area contributed by atoms with Gasteiger partial charge in [-0.1, -0.05) is 12.1 Å². The maximum Gasteiger partial charge on any atom is 0.255 e. The van der Waals surface area contributed by atoms with Gasteiger partial charge in [-0.15, -0.1) is 0 Å². The van der Waals surface area contributed by atoms with Crippen LogP contribution < -0.4 is 0 Å². The molecule has 5 nitrogen and oxygen atoms in total. The van der Waals surface area contributed by atoms with Gasteiger partial charge in [0.1, 0.15) is 0 Å². The summed E-state index contributed by atoms with van der Waals surface area (Å²) in [6.45, 7) is 2.43. The smallest absolute Gasteiger partial charge is 0.255 e. The Bertz CT molecular complexity index is 641. The number of ether oxygens (including phenoxy) is 1. The van der Waals surface area contributed by atoms with Crippen molar-refractivity contribution in [1.29, 1.82) is 0 Å². The lowest BCUT2D eigenvalue weighted by molar-refractivity contribution is -0.138. The molecule has 2 aliphatic rings. The number of rotatable bonds is 2. The third-order valence-corrected chi connectivity index (χ3v) is 5.96. The van der Waals surface area contributed by atoms with E-state index in [1.165, 1.54) is 0 Å². The molecule has 6 heteroatoms. The Morgan fingerprint density at radius 2 is 1.92 bits per heavy atom. The molecule has 2 saturated heterocycles. The van der Waals surface area contributed by atoms with Gasteiger partial charge in [0.2, 0.25) is 5.91 Å². The van der Waals surface area contributed by atoms with Crippen molar-refractivity contribution in [3.05, 3.63) is 34.3 Å². The second-order valence-electron chi connectivity index (χ2n) is 6.93. The first-order valence-electron chi connectivity index (χ1n) is 8.27. The average Bonchev–Trinajstić information content (AvgIpc) is 2.93. The van der Waals surface area contributed by atoms with Crippen molar-refractivity contribution in [1.82, 2.24) is 9.80 Å². The van der Waals surface area contributed by atoms with Crippen LogP contribution in [0.2, 0.25) is 0 Å². The number of nitrogens with zero attached hydrogens (tertiary/aromatic N) is 2. The largest absolute Gasteiger partial charge is 0.381 e. The molecule has 0 saturated carbocycles. The molecule has 130 valence electrons. The summed E-state index contributed by atoms with van der Waals surface area (Å²) in [7, 11) is 3.57. The fourth-order valence-corrected chi connectivity index (χ4v) is 4.32. The van der Waals surface area contributed by atoms with E-state index in [-0.39, 0.29) is 23.1 Å². The van der Waals surface area contributed by atoms with Crippen molar-refractivity contribution in [2.75, 3.05) is 40.4 Å². The summed E-state index contributed by atoms with van der Waals surface area (Å²) in [6, 6.07) is 7.45. The topological polar surface area (TPSA) is 49.9 Å². The van der Waals surface area contributed by atoms with Crippen molar-refractivity contribution in [2.24, 2.45) is 11.3 Å². The number of benzene rings is 1. The lowest BCUT2D eigenvalue weighted by Gasteiger charge is -2.37. The number of halogens is 1. The third-order valence-electron chi connectivity index (χ3n) is 5.27. The molecule has 0 bridgehead atoms. The number of amides is 2. The van der Waals surface area contributed by atoms with E-state index in [0.717, 1.165) is 17.3 Å². The molecular formula is C18H23BrN2O3. The van der Waals surface area contributed by atoms with Crippen LogP contribution in [0.25, 0.3) is 0 Å². The van der Waals surface area contributed by atoms with Gasteiger partial charge in [0.15, 0.2) is 0 Å². The van der Waals surface area contributed by atoms with Gasteiger partial charge in [-0.3, -0.25) is 9.59 Å². The van der Waals surface area contributed by atoms with Crippen LogP contribution in [0, 0.1) is 11.3 Å². The van der Waals surface area contributed by atoms with E-state index >= 15 is 0 Å². The highest BCUT2D eigenvalue weighted by atomic mass is 79.9. The standard InChI is InChI=1S/C18H23BrN2O3/c1-20(2)17(23)14-11-21(12-18(14)7-9-24-10-8-18)16(22)13-5-3-4-6-15(13)19/h3-6,14H,7-12H2,1-2H3. The van der Waals surface area contributed by atoms with Crippen molar-refractivity contribution < 1.29 is 14.3 Å². The molecule has 2 amide bonds. The first kappa shape index (κ1) is 17.4. The van der Waals surface area contributed by atoms with Crippen molar-refractivity contribution in [2.45, 2.75) is 12.8 Å². The van der Waals surface area contributed by atoms with Crippen LogP contribution in [0.5, 0.6) is 0 Å². The van der Waals surface area contributed by atoms with Gasteiger partial charge in [-0.05, 0) is 40.9 Å². The highest BCUT2D eigenvalue weighted by molar-refractivity contribution is 9.10. The molecule has 0 radical (unpaired) electrons. The summed E-state index contributed by atoms with van der Waals surface area (Å²) in [5, 5.41) is 0. The molecule has 1 aromatic rings. The molecular weight excluding hydrogens is 372 g/mol. The van der Waals surface area contributed by atoms with E-state index in [4.69, 9.17) is 4.74 Å². The summed E-state index contributed by atoms with van der Waals surface area (Å²) in [6.07, 6.45) is 1.66. The molecule has 2 fully saturated rings. The first-order valence-corrected chi connectivity index (χ1v) is 9.07. The fourth-order valence-electron chi connectivity index (χ4n) is 3.86. The van der Waals surface area contributed by atoms with Crippen LogP contribution in [-0.2, 0) is 9.53 Å². The van der Waals surface area contributed by atoms with Crippen LogP contribution in [-0.4, -0.2) is 62.0 Å². The number of carbonyl (C=O) groups is 2. The van der Waals surface area contributed by atoms with E-state index in [1.807, 2.05) is 29.2 Å². The Balaban J connectivity index is 1.88.